The Morgan fingerprint density at radius 2 is 2.00 bits per heavy atom. The van der Waals surface area contributed by atoms with Crippen molar-refractivity contribution in [1.29, 1.82) is 0 Å². The van der Waals surface area contributed by atoms with Crippen LogP contribution in [0.2, 0.25) is 0 Å². The van der Waals surface area contributed by atoms with Crippen molar-refractivity contribution in [2.75, 3.05) is 20.7 Å². The lowest BCUT2D eigenvalue weighted by molar-refractivity contribution is 0.312. The maximum absolute atomic E-state index is 5.15. The molecule has 0 saturated carbocycles. The minimum atomic E-state index is 0.813. The van der Waals surface area contributed by atoms with E-state index in [9.17, 15) is 0 Å². The zero-order valence-electron chi connectivity index (χ0n) is 11.7. The van der Waals surface area contributed by atoms with Gasteiger partial charge >= 0.3 is 0 Å². The summed E-state index contributed by atoms with van der Waals surface area (Å²) >= 11 is 0. The van der Waals surface area contributed by atoms with E-state index in [1.165, 1.54) is 5.56 Å². The average molecular weight is 260 g/mol. The van der Waals surface area contributed by atoms with Gasteiger partial charge in [0.05, 0.1) is 12.8 Å². The molecule has 0 spiro atoms. The molecule has 1 aromatic carbocycles. The summed E-state index contributed by atoms with van der Waals surface area (Å²) in [5, 5.41) is 4.00. The molecule has 0 aliphatic rings. The number of likely N-dealkylation sites (N-methyl/N-ethyl adjacent to an activating group) is 1. The van der Waals surface area contributed by atoms with Gasteiger partial charge < -0.3 is 14.2 Å². The standard InChI is InChI=1S/C15H20N2O2/c1-12-10-14(16-19-12)11-17(2)9-8-13-4-6-15(18-3)7-5-13/h4-7,10H,8-9,11H2,1-3H3. The van der Waals surface area contributed by atoms with E-state index in [4.69, 9.17) is 9.26 Å². The fraction of sp³-hybridized carbons (Fsp3) is 0.400. The molecule has 4 heteroatoms. The second-order valence-electron chi connectivity index (χ2n) is 4.76. The second kappa shape index (κ2) is 6.38. The van der Waals surface area contributed by atoms with E-state index < -0.39 is 0 Å². The van der Waals surface area contributed by atoms with Crippen LogP contribution in [0, 0.1) is 6.92 Å². The SMILES string of the molecule is COc1ccc(CCN(C)Cc2cc(C)on2)cc1. The molecule has 0 aliphatic carbocycles. The molecular weight excluding hydrogens is 240 g/mol. The van der Waals surface area contributed by atoms with Crippen LogP contribution in [0.1, 0.15) is 17.0 Å². The molecule has 0 aliphatic heterocycles. The topological polar surface area (TPSA) is 38.5 Å². The van der Waals surface area contributed by atoms with E-state index in [-0.39, 0.29) is 0 Å². The molecule has 102 valence electrons. The zero-order valence-corrected chi connectivity index (χ0v) is 11.7. The highest BCUT2D eigenvalue weighted by Crippen LogP contribution is 2.12. The number of nitrogens with zero attached hydrogens (tertiary/aromatic N) is 2. The summed E-state index contributed by atoms with van der Waals surface area (Å²) in [4.78, 5) is 2.24. The molecule has 19 heavy (non-hydrogen) atoms. The molecule has 0 fully saturated rings. The molecule has 0 bridgehead atoms. The summed E-state index contributed by atoms with van der Waals surface area (Å²) in [5.74, 6) is 1.76. The van der Waals surface area contributed by atoms with E-state index in [0.717, 1.165) is 36.7 Å². The smallest absolute Gasteiger partial charge is 0.133 e. The normalized spacial score (nSPS) is 10.9. The van der Waals surface area contributed by atoms with Crippen LogP contribution < -0.4 is 4.74 Å². The van der Waals surface area contributed by atoms with Crippen LogP contribution in [0.4, 0.5) is 0 Å². The first kappa shape index (κ1) is 13.6. The second-order valence-corrected chi connectivity index (χ2v) is 4.76. The van der Waals surface area contributed by atoms with Gasteiger partial charge in [0.1, 0.15) is 11.5 Å². The van der Waals surface area contributed by atoms with Crippen LogP contribution in [0.25, 0.3) is 0 Å². The first-order valence-electron chi connectivity index (χ1n) is 6.41. The van der Waals surface area contributed by atoms with Gasteiger partial charge in [-0.1, -0.05) is 17.3 Å². The third-order valence-electron chi connectivity index (χ3n) is 3.05. The minimum absolute atomic E-state index is 0.813. The molecule has 0 atom stereocenters. The van der Waals surface area contributed by atoms with E-state index in [1.807, 2.05) is 25.1 Å². The monoisotopic (exact) mass is 260 g/mol. The van der Waals surface area contributed by atoms with Gasteiger partial charge in [0.25, 0.3) is 0 Å². The maximum Gasteiger partial charge on any atom is 0.133 e. The highest BCUT2D eigenvalue weighted by atomic mass is 16.5. The van der Waals surface area contributed by atoms with Crippen molar-refractivity contribution in [3.63, 3.8) is 0 Å². The lowest BCUT2D eigenvalue weighted by Crippen LogP contribution is -2.20. The van der Waals surface area contributed by atoms with E-state index in [0.29, 0.717) is 0 Å². The van der Waals surface area contributed by atoms with Crippen molar-refractivity contribution in [3.05, 3.63) is 47.3 Å². The van der Waals surface area contributed by atoms with Crippen molar-refractivity contribution in [2.45, 2.75) is 19.9 Å². The van der Waals surface area contributed by atoms with Crippen molar-refractivity contribution in [1.82, 2.24) is 10.1 Å². The third kappa shape index (κ3) is 4.10. The number of benzene rings is 1. The summed E-state index contributed by atoms with van der Waals surface area (Å²) in [5.41, 5.74) is 2.29. The zero-order chi connectivity index (χ0) is 13.7. The Balaban J connectivity index is 1.80. The Morgan fingerprint density at radius 3 is 2.58 bits per heavy atom. The Bertz CT molecular complexity index is 505. The summed E-state index contributed by atoms with van der Waals surface area (Å²) in [6, 6.07) is 10.2. The Hall–Kier alpha value is -1.81. The van der Waals surface area contributed by atoms with Crippen LogP contribution in [0.3, 0.4) is 0 Å². The molecule has 0 amide bonds. The van der Waals surface area contributed by atoms with Crippen molar-refractivity contribution in [3.8, 4) is 5.75 Å². The minimum Gasteiger partial charge on any atom is -0.497 e. The number of hydrogen-bond donors (Lipinski definition) is 0. The van der Waals surface area contributed by atoms with E-state index >= 15 is 0 Å². The Morgan fingerprint density at radius 1 is 1.26 bits per heavy atom. The molecule has 0 radical (unpaired) electrons. The molecule has 0 N–H and O–H groups in total. The molecule has 1 aromatic heterocycles. The average Bonchev–Trinajstić information content (AvgIpc) is 2.82. The van der Waals surface area contributed by atoms with Crippen LogP contribution in [-0.2, 0) is 13.0 Å². The van der Waals surface area contributed by atoms with Gasteiger partial charge in [-0.2, -0.15) is 0 Å². The largest absolute Gasteiger partial charge is 0.497 e. The van der Waals surface area contributed by atoms with Crippen LogP contribution >= 0.6 is 0 Å². The molecule has 0 unspecified atom stereocenters. The van der Waals surface area contributed by atoms with Crippen LogP contribution in [0.5, 0.6) is 5.75 Å². The Kier molecular flexibility index (Phi) is 4.58. The first-order valence-corrected chi connectivity index (χ1v) is 6.41. The quantitative estimate of drug-likeness (QED) is 0.800. The summed E-state index contributed by atoms with van der Waals surface area (Å²) in [6.07, 6.45) is 1.01. The highest BCUT2D eigenvalue weighted by molar-refractivity contribution is 5.27. The van der Waals surface area contributed by atoms with Gasteiger partial charge in [0.2, 0.25) is 0 Å². The number of aryl methyl sites for hydroxylation is 1. The molecule has 4 nitrogen and oxygen atoms in total. The summed E-state index contributed by atoms with van der Waals surface area (Å²) in [7, 11) is 3.77. The van der Waals surface area contributed by atoms with E-state index in [2.05, 4.69) is 29.2 Å². The predicted molar refractivity (Wildman–Crippen MR) is 74.3 cm³/mol. The van der Waals surface area contributed by atoms with Crippen LogP contribution in [0.15, 0.2) is 34.9 Å². The number of hydrogen-bond acceptors (Lipinski definition) is 4. The van der Waals surface area contributed by atoms with E-state index in [1.54, 1.807) is 7.11 Å². The summed E-state index contributed by atoms with van der Waals surface area (Å²) < 4.78 is 10.2. The number of methoxy groups -OCH3 is 1. The van der Waals surface area contributed by atoms with Crippen molar-refractivity contribution < 1.29 is 9.26 Å². The number of aromatic nitrogens is 1. The lowest BCUT2D eigenvalue weighted by Gasteiger charge is -2.14. The predicted octanol–water partition coefficient (Wildman–Crippen LogP) is 2.67. The molecule has 2 rings (SSSR count). The molecule has 1 heterocycles. The first-order chi connectivity index (χ1) is 9.17. The van der Waals surface area contributed by atoms with Gasteiger partial charge in [-0.3, -0.25) is 0 Å². The fourth-order valence-corrected chi connectivity index (χ4v) is 1.96. The third-order valence-corrected chi connectivity index (χ3v) is 3.05. The van der Waals surface area contributed by atoms with Gasteiger partial charge in [-0.25, -0.2) is 0 Å². The van der Waals surface area contributed by atoms with Crippen LogP contribution in [-0.4, -0.2) is 30.8 Å². The molecular formula is C15H20N2O2. The number of rotatable bonds is 6. The fourth-order valence-electron chi connectivity index (χ4n) is 1.96. The van der Waals surface area contributed by atoms with Gasteiger partial charge in [0.15, 0.2) is 0 Å². The lowest BCUT2D eigenvalue weighted by atomic mass is 10.1. The maximum atomic E-state index is 5.15. The van der Waals surface area contributed by atoms with Gasteiger partial charge in [-0.05, 0) is 38.1 Å². The number of ether oxygens (including phenoxy) is 1. The van der Waals surface area contributed by atoms with Crippen molar-refractivity contribution in [2.24, 2.45) is 0 Å². The van der Waals surface area contributed by atoms with Crippen molar-refractivity contribution >= 4 is 0 Å². The molecule has 2 aromatic rings. The van der Waals surface area contributed by atoms with Gasteiger partial charge in [-0.15, -0.1) is 0 Å². The van der Waals surface area contributed by atoms with Gasteiger partial charge in [0, 0.05) is 19.2 Å². The Labute approximate surface area is 114 Å². The molecule has 0 saturated heterocycles. The highest BCUT2D eigenvalue weighted by Gasteiger charge is 2.05. The summed E-state index contributed by atoms with van der Waals surface area (Å²) in [6.45, 7) is 3.71.